The van der Waals surface area contributed by atoms with E-state index in [0.717, 1.165) is 0 Å². The van der Waals surface area contributed by atoms with Crippen LogP contribution in [0.2, 0.25) is 0 Å². The van der Waals surface area contributed by atoms with Crippen LogP contribution >= 0.6 is 0 Å². The number of aliphatic carboxylic acids is 1. The number of Topliss-reactive ketones (excluding diaryl/α,β-unsaturated/α-hetero) is 1. The molecule has 0 saturated heterocycles. The van der Waals surface area contributed by atoms with Crippen LogP contribution in [0.25, 0.3) is 0 Å². The molecule has 0 fully saturated rings. The third-order valence-electron chi connectivity index (χ3n) is 1.96. The first-order chi connectivity index (χ1) is 8.97. The highest BCUT2D eigenvalue weighted by atomic mass is 16.6. The fraction of sp³-hybridized carbons (Fsp3) is 0.636. The van der Waals surface area contributed by atoms with Crippen molar-refractivity contribution < 1.29 is 38.5 Å². The second-order valence-electron chi connectivity index (χ2n) is 3.39. The number of carboxylic acid groups (broad SMARTS) is 1. The van der Waals surface area contributed by atoms with Gasteiger partial charge in [-0.25, -0.2) is 4.79 Å². The normalized spacial score (nSPS) is 9.74. The van der Waals surface area contributed by atoms with Crippen LogP contribution in [0, 0.1) is 0 Å². The van der Waals surface area contributed by atoms with Crippen LogP contribution in [0.4, 0.5) is 0 Å². The van der Waals surface area contributed by atoms with Gasteiger partial charge in [-0.15, -0.1) is 0 Å². The maximum Gasteiger partial charge on any atom is 0.372 e. The van der Waals surface area contributed by atoms with Crippen molar-refractivity contribution in [3.8, 4) is 0 Å². The van der Waals surface area contributed by atoms with Crippen molar-refractivity contribution in [3.63, 3.8) is 0 Å². The lowest BCUT2D eigenvalue weighted by atomic mass is 10.2. The first-order valence-corrected chi connectivity index (χ1v) is 5.53. The lowest BCUT2D eigenvalue weighted by molar-refractivity contribution is -0.151. The Bertz CT molecular complexity index is 336. The van der Waals surface area contributed by atoms with E-state index in [1.54, 1.807) is 0 Å². The summed E-state index contributed by atoms with van der Waals surface area (Å²) in [6.45, 7) is 0.235. The van der Waals surface area contributed by atoms with Crippen LogP contribution in [0.3, 0.4) is 0 Å². The quantitative estimate of drug-likeness (QED) is 0.324. The minimum Gasteiger partial charge on any atom is -0.476 e. The summed E-state index contributed by atoms with van der Waals surface area (Å²) in [6.07, 6.45) is -0.567. The van der Waals surface area contributed by atoms with Crippen LogP contribution < -0.4 is 0 Å². The number of ether oxygens (including phenoxy) is 3. The Kier molecular flexibility index (Phi) is 8.98. The number of hydrogen-bond donors (Lipinski definition) is 1. The molecule has 0 radical (unpaired) electrons. The predicted molar refractivity (Wildman–Crippen MR) is 60.3 cm³/mol. The molecule has 0 aromatic rings. The fourth-order valence-corrected chi connectivity index (χ4v) is 0.969. The van der Waals surface area contributed by atoms with Crippen molar-refractivity contribution >= 4 is 23.7 Å². The lowest BCUT2D eigenvalue weighted by Crippen LogP contribution is -2.16. The van der Waals surface area contributed by atoms with Crippen LogP contribution in [-0.2, 0) is 33.4 Å². The molecule has 0 aliphatic carbocycles. The molecular formula is C11H16O8. The third-order valence-corrected chi connectivity index (χ3v) is 1.96. The summed E-state index contributed by atoms with van der Waals surface area (Å²) >= 11 is 0. The first-order valence-electron chi connectivity index (χ1n) is 5.53. The monoisotopic (exact) mass is 276 g/mol. The van der Waals surface area contributed by atoms with Gasteiger partial charge in [0.2, 0.25) is 5.78 Å². The van der Waals surface area contributed by atoms with E-state index in [0.29, 0.717) is 0 Å². The molecule has 0 unspecified atom stereocenters. The highest BCUT2D eigenvalue weighted by molar-refractivity contribution is 6.32. The van der Waals surface area contributed by atoms with Crippen molar-refractivity contribution in [1.82, 2.24) is 0 Å². The van der Waals surface area contributed by atoms with E-state index in [9.17, 15) is 19.2 Å². The van der Waals surface area contributed by atoms with E-state index < -0.39 is 30.1 Å². The maximum absolute atomic E-state index is 11.1. The van der Waals surface area contributed by atoms with E-state index in [4.69, 9.17) is 9.84 Å². The molecule has 0 heterocycles. The van der Waals surface area contributed by atoms with Crippen LogP contribution in [0.15, 0.2) is 0 Å². The Labute approximate surface area is 109 Å². The summed E-state index contributed by atoms with van der Waals surface area (Å²) in [7, 11) is 1.27. The molecule has 0 amide bonds. The summed E-state index contributed by atoms with van der Waals surface area (Å²) in [6, 6.07) is 0. The smallest absolute Gasteiger partial charge is 0.372 e. The maximum atomic E-state index is 11.1. The molecule has 0 aliphatic rings. The number of esters is 2. The van der Waals surface area contributed by atoms with E-state index in [1.807, 2.05) is 0 Å². The minimum absolute atomic E-state index is 0.0265. The largest absolute Gasteiger partial charge is 0.476 e. The predicted octanol–water partition coefficient (Wildman–Crippen LogP) is -0.457. The van der Waals surface area contributed by atoms with E-state index in [-0.39, 0.29) is 32.7 Å². The Morgan fingerprint density at radius 2 is 1.58 bits per heavy atom. The summed E-state index contributed by atoms with van der Waals surface area (Å²) in [5, 5.41) is 8.27. The fourth-order valence-electron chi connectivity index (χ4n) is 0.969. The SMILES string of the molecule is COC(=O)CCOCCOC(=O)CCC(=O)C(=O)O. The summed E-state index contributed by atoms with van der Waals surface area (Å²) < 4.78 is 14.0. The van der Waals surface area contributed by atoms with Gasteiger partial charge in [0.25, 0.3) is 0 Å². The topological polar surface area (TPSA) is 116 Å². The van der Waals surface area contributed by atoms with Gasteiger partial charge in [-0.05, 0) is 0 Å². The van der Waals surface area contributed by atoms with Gasteiger partial charge < -0.3 is 19.3 Å². The van der Waals surface area contributed by atoms with Gasteiger partial charge in [0.1, 0.15) is 6.61 Å². The molecule has 0 aliphatic heterocycles. The van der Waals surface area contributed by atoms with Gasteiger partial charge in [0, 0.05) is 6.42 Å². The average Bonchev–Trinajstić information content (AvgIpc) is 2.39. The summed E-state index contributed by atoms with van der Waals surface area (Å²) in [5.74, 6) is -3.68. The molecule has 0 bridgehead atoms. The number of rotatable bonds is 10. The van der Waals surface area contributed by atoms with E-state index >= 15 is 0 Å². The Morgan fingerprint density at radius 1 is 0.895 bits per heavy atom. The molecular weight excluding hydrogens is 260 g/mol. The summed E-state index contributed by atoms with van der Waals surface area (Å²) in [5.41, 5.74) is 0. The second kappa shape index (κ2) is 10.0. The van der Waals surface area contributed by atoms with Crippen LogP contribution in [0.5, 0.6) is 0 Å². The minimum atomic E-state index is -1.57. The molecule has 1 N–H and O–H groups in total. The third kappa shape index (κ3) is 9.72. The number of carboxylic acids is 1. The Morgan fingerprint density at radius 3 is 2.16 bits per heavy atom. The number of carbonyl (C=O) groups is 4. The molecule has 0 saturated carbocycles. The number of hydrogen-bond acceptors (Lipinski definition) is 7. The van der Waals surface area contributed by atoms with E-state index in [2.05, 4.69) is 9.47 Å². The zero-order valence-electron chi connectivity index (χ0n) is 10.5. The van der Waals surface area contributed by atoms with Crippen LogP contribution in [-0.4, -0.2) is 55.7 Å². The highest BCUT2D eigenvalue weighted by Crippen LogP contribution is 1.95. The summed E-state index contributed by atoms with van der Waals surface area (Å²) in [4.78, 5) is 42.6. The van der Waals surface area contributed by atoms with Gasteiger partial charge >= 0.3 is 17.9 Å². The molecule has 108 valence electrons. The van der Waals surface area contributed by atoms with Gasteiger partial charge in [0.05, 0.1) is 33.2 Å². The first kappa shape index (κ1) is 17.0. The van der Waals surface area contributed by atoms with Gasteiger partial charge in [-0.3, -0.25) is 14.4 Å². The van der Waals surface area contributed by atoms with Crippen LogP contribution in [0.1, 0.15) is 19.3 Å². The molecule has 8 nitrogen and oxygen atoms in total. The van der Waals surface area contributed by atoms with Gasteiger partial charge in [0.15, 0.2) is 0 Å². The Hall–Kier alpha value is -1.96. The number of ketones is 1. The van der Waals surface area contributed by atoms with Crippen molar-refractivity contribution in [2.45, 2.75) is 19.3 Å². The van der Waals surface area contributed by atoms with Crippen molar-refractivity contribution in [1.29, 1.82) is 0 Å². The number of methoxy groups -OCH3 is 1. The van der Waals surface area contributed by atoms with Crippen molar-refractivity contribution in [2.75, 3.05) is 26.9 Å². The molecule has 8 heteroatoms. The van der Waals surface area contributed by atoms with E-state index in [1.165, 1.54) is 7.11 Å². The second-order valence-corrected chi connectivity index (χ2v) is 3.39. The molecule has 0 rings (SSSR count). The zero-order valence-corrected chi connectivity index (χ0v) is 10.5. The van der Waals surface area contributed by atoms with Crippen molar-refractivity contribution in [2.24, 2.45) is 0 Å². The average molecular weight is 276 g/mol. The number of carbonyl (C=O) groups excluding carboxylic acids is 3. The Balaban J connectivity index is 3.46. The molecule has 0 aromatic heterocycles. The standard InChI is InChI=1S/C11H16O8/c1-17-9(13)4-5-18-6-7-19-10(14)3-2-8(12)11(15)16/h2-7H2,1H3,(H,15,16). The molecule has 19 heavy (non-hydrogen) atoms. The molecule has 0 spiro atoms. The lowest BCUT2D eigenvalue weighted by Gasteiger charge is -2.05. The zero-order chi connectivity index (χ0) is 14.7. The van der Waals surface area contributed by atoms with Gasteiger partial charge in [-0.1, -0.05) is 0 Å². The highest BCUT2D eigenvalue weighted by Gasteiger charge is 2.14. The molecule has 0 aromatic carbocycles. The molecule has 0 atom stereocenters. The van der Waals surface area contributed by atoms with Gasteiger partial charge in [-0.2, -0.15) is 0 Å². The van der Waals surface area contributed by atoms with Crippen molar-refractivity contribution in [3.05, 3.63) is 0 Å².